The van der Waals surface area contributed by atoms with Gasteiger partial charge in [0.1, 0.15) is 0 Å². The molecule has 1 atom stereocenters. The van der Waals surface area contributed by atoms with Crippen molar-refractivity contribution in [2.24, 2.45) is 0 Å². The molecule has 2 aromatic carbocycles. The van der Waals surface area contributed by atoms with Gasteiger partial charge in [-0.3, -0.25) is 0 Å². The maximum Gasteiger partial charge on any atom is 0.0838 e. The molecule has 0 fully saturated rings. The average Bonchev–Trinajstić information content (AvgIpc) is 2.30. The third-order valence-corrected chi connectivity index (χ3v) is 4.01. The Morgan fingerprint density at radius 3 is 2.33 bits per heavy atom. The van der Waals surface area contributed by atoms with Gasteiger partial charge in [-0.2, -0.15) is 0 Å². The van der Waals surface area contributed by atoms with Crippen molar-refractivity contribution in [2.45, 2.75) is 26.1 Å². The second-order valence-electron chi connectivity index (χ2n) is 4.78. The van der Waals surface area contributed by atoms with Gasteiger partial charge in [0, 0.05) is 4.47 Å². The van der Waals surface area contributed by atoms with Crippen LogP contribution < -0.4 is 0 Å². The third-order valence-electron chi connectivity index (χ3n) is 3.06. The number of halogens is 2. The summed E-state index contributed by atoms with van der Waals surface area (Å²) in [5, 5.41) is -0.0962. The molecule has 2 rings (SSSR count). The molecule has 0 saturated heterocycles. The lowest BCUT2D eigenvalue weighted by atomic mass is 9.97. The van der Waals surface area contributed by atoms with Gasteiger partial charge in [0.25, 0.3) is 0 Å². The number of benzene rings is 2. The number of hydrogen-bond acceptors (Lipinski definition) is 0. The van der Waals surface area contributed by atoms with Gasteiger partial charge >= 0.3 is 0 Å². The first-order valence-electron chi connectivity index (χ1n) is 5.95. The highest BCUT2D eigenvalue weighted by atomic mass is 79.9. The molecule has 0 spiro atoms. The van der Waals surface area contributed by atoms with Crippen LogP contribution in [-0.4, -0.2) is 0 Å². The summed E-state index contributed by atoms with van der Waals surface area (Å²) in [4.78, 5) is 0. The van der Waals surface area contributed by atoms with Crippen molar-refractivity contribution in [3.63, 3.8) is 0 Å². The molecule has 0 saturated carbocycles. The van der Waals surface area contributed by atoms with E-state index in [1.165, 1.54) is 22.3 Å². The quantitative estimate of drug-likeness (QED) is 0.622. The third kappa shape index (κ3) is 2.96. The second-order valence-corrected chi connectivity index (χ2v) is 6.14. The first-order chi connectivity index (χ1) is 8.47. The lowest BCUT2D eigenvalue weighted by Gasteiger charge is -2.15. The highest BCUT2D eigenvalue weighted by Crippen LogP contribution is 2.33. The van der Waals surface area contributed by atoms with Crippen molar-refractivity contribution in [1.29, 1.82) is 0 Å². The fraction of sp³-hybridized carbons (Fsp3) is 0.250. The van der Waals surface area contributed by atoms with Crippen LogP contribution in [0.1, 0.15) is 33.2 Å². The highest BCUT2D eigenvalue weighted by molar-refractivity contribution is 9.10. The van der Waals surface area contributed by atoms with Crippen molar-refractivity contribution in [3.8, 4) is 0 Å². The van der Waals surface area contributed by atoms with E-state index in [0.717, 1.165) is 10.0 Å². The van der Waals surface area contributed by atoms with E-state index in [2.05, 4.69) is 73.1 Å². The van der Waals surface area contributed by atoms with Crippen LogP contribution in [0.5, 0.6) is 0 Å². The Morgan fingerprint density at radius 1 is 0.944 bits per heavy atom. The van der Waals surface area contributed by atoms with Gasteiger partial charge in [-0.25, -0.2) is 0 Å². The summed E-state index contributed by atoms with van der Waals surface area (Å²) in [5.41, 5.74) is 6.02. The Kier molecular flexibility index (Phi) is 4.14. The second kappa shape index (κ2) is 5.46. The molecule has 2 heteroatoms. The lowest BCUT2D eigenvalue weighted by molar-refractivity contribution is 1.09. The smallest absolute Gasteiger partial charge is 0.0838 e. The van der Waals surface area contributed by atoms with Crippen molar-refractivity contribution >= 4 is 27.5 Å². The number of rotatable bonds is 2. The molecule has 0 aliphatic carbocycles. The predicted molar refractivity (Wildman–Crippen MR) is 82.5 cm³/mol. The van der Waals surface area contributed by atoms with Gasteiger partial charge in [-0.1, -0.05) is 45.8 Å². The van der Waals surface area contributed by atoms with Crippen LogP contribution in [0.15, 0.2) is 40.9 Å². The summed E-state index contributed by atoms with van der Waals surface area (Å²) >= 11 is 10.2. The SMILES string of the molecule is Cc1cc(Br)cc(C(Cl)c2cc(C)ccc2C)c1. The molecule has 0 aromatic heterocycles. The number of hydrogen-bond donors (Lipinski definition) is 0. The summed E-state index contributed by atoms with van der Waals surface area (Å²) in [5.74, 6) is 0. The van der Waals surface area contributed by atoms with Gasteiger partial charge < -0.3 is 0 Å². The van der Waals surface area contributed by atoms with Crippen molar-refractivity contribution in [1.82, 2.24) is 0 Å². The maximum absolute atomic E-state index is 6.63. The van der Waals surface area contributed by atoms with Crippen molar-refractivity contribution in [3.05, 3.63) is 68.7 Å². The molecule has 0 amide bonds. The standard InChI is InChI=1S/C16H16BrCl/c1-10-4-5-12(3)15(8-10)16(18)13-6-11(2)7-14(17)9-13/h4-9,16H,1-3H3. The van der Waals surface area contributed by atoms with Gasteiger partial charge in [0.2, 0.25) is 0 Å². The Labute approximate surface area is 122 Å². The predicted octanol–water partition coefficient (Wildman–Crippen LogP) is 5.70. The van der Waals surface area contributed by atoms with Crippen LogP contribution in [0.4, 0.5) is 0 Å². The molecule has 0 aliphatic heterocycles. The van der Waals surface area contributed by atoms with Gasteiger partial charge in [0.05, 0.1) is 5.38 Å². The highest BCUT2D eigenvalue weighted by Gasteiger charge is 2.14. The van der Waals surface area contributed by atoms with E-state index in [1.807, 2.05) is 0 Å². The zero-order chi connectivity index (χ0) is 13.3. The van der Waals surface area contributed by atoms with Crippen LogP contribution in [0.2, 0.25) is 0 Å². The van der Waals surface area contributed by atoms with Gasteiger partial charge in [-0.15, -0.1) is 11.6 Å². The van der Waals surface area contributed by atoms with E-state index in [1.54, 1.807) is 0 Å². The topological polar surface area (TPSA) is 0 Å². The summed E-state index contributed by atoms with van der Waals surface area (Å²) in [6, 6.07) is 12.7. The Bertz CT molecular complexity index is 555. The molecule has 0 nitrogen and oxygen atoms in total. The van der Waals surface area contributed by atoms with Crippen molar-refractivity contribution in [2.75, 3.05) is 0 Å². The summed E-state index contributed by atoms with van der Waals surface area (Å²) in [7, 11) is 0. The zero-order valence-electron chi connectivity index (χ0n) is 10.8. The summed E-state index contributed by atoms with van der Waals surface area (Å²) in [6.45, 7) is 6.29. The van der Waals surface area contributed by atoms with E-state index in [-0.39, 0.29) is 5.38 Å². The minimum absolute atomic E-state index is 0.0962. The Morgan fingerprint density at radius 2 is 1.67 bits per heavy atom. The summed E-state index contributed by atoms with van der Waals surface area (Å²) in [6.07, 6.45) is 0. The molecule has 0 radical (unpaired) electrons. The van der Waals surface area contributed by atoms with Crippen LogP contribution in [0.25, 0.3) is 0 Å². The molecule has 18 heavy (non-hydrogen) atoms. The number of alkyl halides is 1. The van der Waals surface area contributed by atoms with Gasteiger partial charge in [0.15, 0.2) is 0 Å². The van der Waals surface area contributed by atoms with E-state index < -0.39 is 0 Å². The Balaban J connectivity index is 2.47. The zero-order valence-corrected chi connectivity index (χ0v) is 13.1. The fourth-order valence-electron chi connectivity index (χ4n) is 2.12. The summed E-state index contributed by atoms with van der Waals surface area (Å²) < 4.78 is 1.08. The molecule has 0 heterocycles. The monoisotopic (exact) mass is 322 g/mol. The lowest BCUT2D eigenvalue weighted by Crippen LogP contribution is -1.97. The molecule has 0 bridgehead atoms. The minimum Gasteiger partial charge on any atom is -0.113 e. The maximum atomic E-state index is 6.63. The van der Waals surface area contributed by atoms with Crippen LogP contribution in [0, 0.1) is 20.8 Å². The molecule has 0 aliphatic rings. The molecular formula is C16H16BrCl. The normalized spacial score (nSPS) is 12.5. The molecule has 94 valence electrons. The van der Waals surface area contributed by atoms with Crippen LogP contribution >= 0.6 is 27.5 Å². The van der Waals surface area contributed by atoms with E-state index in [4.69, 9.17) is 11.6 Å². The van der Waals surface area contributed by atoms with Crippen LogP contribution in [-0.2, 0) is 0 Å². The fourth-order valence-corrected chi connectivity index (χ4v) is 3.11. The van der Waals surface area contributed by atoms with Crippen LogP contribution in [0.3, 0.4) is 0 Å². The van der Waals surface area contributed by atoms with Crippen molar-refractivity contribution < 1.29 is 0 Å². The average molecular weight is 324 g/mol. The largest absolute Gasteiger partial charge is 0.113 e. The molecular weight excluding hydrogens is 308 g/mol. The first-order valence-corrected chi connectivity index (χ1v) is 7.18. The van der Waals surface area contributed by atoms with Gasteiger partial charge in [-0.05, 0) is 55.2 Å². The molecule has 0 N–H and O–H groups in total. The van der Waals surface area contributed by atoms with E-state index >= 15 is 0 Å². The Hall–Kier alpha value is -0.790. The molecule has 1 unspecified atom stereocenters. The molecule has 2 aromatic rings. The number of aryl methyl sites for hydroxylation is 3. The van der Waals surface area contributed by atoms with E-state index in [0.29, 0.717) is 0 Å². The van der Waals surface area contributed by atoms with E-state index in [9.17, 15) is 0 Å². The minimum atomic E-state index is -0.0962. The first kappa shape index (κ1) is 13.6.